The number of ether oxygens (including phenoxy) is 2. The molecule has 0 aromatic heterocycles. The van der Waals surface area contributed by atoms with Crippen molar-refractivity contribution in [3.05, 3.63) is 71.8 Å². The van der Waals surface area contributed by atoms with Crippen LogP contribution in [0.1, 0.15) is 31.4 Å². The molecule has 178 valence electrons. The minimum absolute atomic E-state index is 0.132. The first-order chi connectivity index (χ1) is 15.8. The Hall–Kier alpha value is -3.50. The van der Waals surface area contributed by atoms with Crippen molar-refractivity contribution in [2.45, 2.75) is 25.9 Å². The Kier molecular flexibility index (Phi) is 10.3. The third-order valence-corrected chi connectivity index (χ3v) is 4.66. The van der Waals surface area contributed by atoms with Gasteiger partial charge in [0.1, 0.15) is 30.1 Å². The van der Waals surface area contributed by atoms with Crippen LogP contribution in [0.4, 0.5) is 19.3 Å². The van der Waals surface area contributed by atoms with Crippen LogP contribution in [0.2, 0.25) is 0 Å². The fraction of sp³-hybridized carbons (Fsp3) is 0.304. The number of nitrogens with one attached hydrogen (secondary N) is 2. The maximum Gasteiger partial charge on any atom is 0.412 e. The number of amides is 2. The van der Waals surface area contributed by atoms with E-state index in [0.29, 0.717) is 30.2 Å². The molecule has 2 atom stereocenters. The normalized spacial score (nSPS) is 12.8. The number of aliphatic hydroxyl groups excluding tert-OH is 1. The second-order valence-corrected chi connectivity index (χ2v) is 7.15. The molecule has 0 saturated heterocycles. The average Bonchev–Trinajstić information content (AvgIpc) is 2.80. The molecule has 0 spiro atoms. The van der Waals surface area contributed by atoms with Crippen LogP contribution in [0.5, 0.6) is 5.75 Å². The van der Waals surface area contributed by atoms with Gasteiger partial charge in [-0.15, -0.1) is 0 Å². The van der Waals surface area contributed by atoms with Gasteiger partial charge in [0.05, 0.1) is 12.3 Å². The molecule has 0 aliphatic carbocycles. The summed E-state index contributed by atoms with van der Waals surface area (Å²) in [7, 11) is 0. The van der Waals surface area contributed by atoms with Crippen molar-refractivity contribution in [1.29, 1.82) is 0 Å². The van der Waals surface area contributed by atoms with Crippen molar-refractivity contribution in [2.24, 2.45) is 5.92 Å². The van der Waals surface area contributed by atoms with E-state index in [-0.39, 0.29) is 24.8 Å². The van der Waals surface area contributed by atoms with Gasteiger partial charge in [-0.05, 0) is 48.6 Å². The topological polar surface area (TPSA) is 117 Å². The molecule has 4 N–H and O–H groups in total. The van der Waals surface area contributed by atoms with Crippen molar-refractivity contribution >= 4 is 17.7 Å². The van der Waals surface area contributed by atoms with Crippen molar-refractivity contribution in [3.8, 4) is 5.75 Å². The van der Waals surface area contributed by atoms with E-state index in [1.807, 2.05) is 6.92 Å². The number of hydroxylamine groups is 1. The molecule has 0 aliphatic heterocycles. The summed E-state index contributed by atoms with van der Waals surface area (Å²) in [6, 6.07) is 9.49. The summed E-state index contributed by atoms with van der Waals surface area (Å²) in [5.41, 5.74) is 1.91. The Morgan fingerprint density at radius 1 is 1.15 bits per heavy atom. The number of carbonyl (C=O) groups is 2. The molecule has 8 nitrogen and oxygen atoms in total. The van der Waals surface area contributed by atoms with E-state index in [9.17, 15) is 18.4 Å². The average molecular weight is 464 g/mol. The number of aliphatic hydroxyl groups is 1. The smallest absolute Gasteiger partial charge is 0.412 e. The summed E-state index contributed by atoms with van der Waals surface area (Å²) < 4.78 is 37.9. The minimum Gasteiger partial charge on any atom is -0.491 e. The number of carbonyl (C=O) groups excluding carboxylic acids is 2. The van der Waals surface area contributed by atoms with E-state index in [1.54, 1.807) is 30.3 Å². The monoisotopic (exact) mass is 464 g/mol. The highest BCUT2D eigenvalue weighted by molar-refractivity contribution is 5.86. The zero-order valence-electron chi connectivity index (χ0n) is 18.0. The van der Waals surface area contributed by atoms with Gasteiger partial charge in [-0.3, -0.25) is 15.3 Å². The Bertz CT molecular complexity index is 952. The van der Waals surface area contributed by atoms with Gasteiger partial charge in [0, 0.05) is 12.1 Å². The first-order valence-corrected chi connectivity index (χ1v) is 10.2. The predicted octanol–water partition coefficient (Wildman–Crippen LogP) is 4.10. The van der Waals surface area contributed by atoms with Crippen LogP contribution in [0.15, 0.2) is 54.6 Å². The maximum absolute atomic E-state index is 13.9. The van der Waals surface area contributed by atoms with E-state index in [0.717, 1.165) is 12.1 Å². The van der Waals surface area contributed by atoms with Gasteiger partial charge < -0.3 is 14.6 Å². The van der Waals surface area contributed by atoms with E-state index < -0.39 is 29.7 Å². The highest BCUT2D eigenvalue weighted by Crippen LogP contribution is 2.31. The molecule has 10 heteroatoms. The van der Waals surface area contributed by atoms with Gasteiger partial charge in [0.2, 0.25) is 0 Å². The molecule has 2 aromatic carbocycles. The lowest BCUT2D eigenvalue weighted by atomic mass is 9.93. The Balaban J connectivity index is 2.13. The first kappa shape index (κ1) is 25.8. The van der Waals surface area contributed by atoms with Crippen LogP contribution in [-0.4, -0.2) is 35.5 Å². The summed E-state index contributed by atoms with van der Waals surface area (Å²) in [5, 5.41) is 19.7. The van der Waals surface area contributed by atoms with Crippen molar-refractivity contribution in [2.75, 3.05) is 18.5 Å². The van der Waals surface area contributed by atoms with Crippen LogP contribution in [0.3, 0.4) is 0 Å². The first-order valence-electron chi connectivity index (χ1n) is 10.2. The molecule has 2 aromatic rings. The van der Waals surface area contributed by atoms with Crippen LogP contribution in [0.25, 0.3) is 0 Å². The number of hydrogen-bond donors (Lipinski definition) is 4. The lowest BCUT2D eigenvalue weighted by Gasteiger charge is -2.25. The molecule has 0 saturated carbocycles. The third kappa shape index (κ3) is 8.51. The number of halogens is 2. The molecule has 0 unspecified atom stereocenters. The zero-order chi connectivity index (χ0) is 24.2. The number of hydrogen-bond acceptors (Lipinski definition) is 6. The van der Waals surface area contributed by atoms with Gasteiger partial charge in [0.25, 0.3) is 5.91 Å². The van der Waals surface area contributed by atoms with Crippen molar-refractivity contribution in [3.63, 3.8) is 0 Å². The molecule has 2 rings (SSSR count). The number of benzene rings is 2. The molecule has 0 radical (unpaired) electrons. The Morgan fingerprint density at radius 3 is 2.52 bits per heavy atom. The highest BCUT2D eigenvalue weighted by Gasteiger charge is 2.24. The van der Waals surface area contributed by atoms with Gasteiger partial charge >= 0.3 is 6.09 Å². The van der Waals surface area contributed by atoms with Crippen LogP contribution < -0.4 is 15.5 Å². The quantitative estimate of drug-likeness (QED) is 0.226. The van der Waals surface area contributed by atoms with E-state index in [4.69, 9.17) is 19.8 Å². The van der Waals surface area contributed by atoms with Crippen LogP contribution >= 0.6 is 0 Å². The predicted molar refractivity (Wildman–Crippen MR) is 116 cm³/mol. The lowest BCUT2D eigenvalue weighted by Crippen LogP contribution is -2.22. The molecular formula is C23H26F2N2O6. The lowest BCUT2D eigenvalue weighted by molar-refractivity contribution is -0.124. The third-order valence-electron chi connectivity index (χ3n) is 4.66. The Morgan fingerprint density at radius 2 is 1.88 bits per heavy atom. The van der Waals surface area contributed by atoms with Crippen molar-refractivity contribution in [1.82, 2.24) is 5.48 Å². The SMILES string of the molecule is C[C@@H](CC/C=C/C(=O)NO)[C@H](OC(=O)Nc1ccc(F)cc1F)c1ccc(OCCO)cc1. The Labute approximate surface area is 189 Å². The van der Waals surface area contributed by atoms with E-state index in [2.05, 4.69) is 5.32 Å². The fourth-order valence-electron chi connectivity index (χ4n) is 3.01. The van der Waals surface area contributed by atoms with E-state index >= 15 is 0 Å². The summed E-state index contributed by atoms with van der Waals surface area (Å²) in [4.78, 5) is 23.5. The van der Waals surface area contributed by atoms with Gasteiger partial charge in [-0.2, -0.15) is 0 Å². The van der Waals surface area contributed by atoms with Gasteiger partial charge in [0.15, 0.2) is 0 Å². The standard InChI is InChI=1S/C23H26F2N2O6/c1-15(4-2-3-5-21(29)27-31)22(16-6-9-18(10-7-16)32-13-12-28)33-23(30)26-20-11-8-17(24)14-19(20)25/h3,5-11,14-15,22,28,31H,2,4,12-13H2,1H3,(H,26,30)(H,27,29)/b5-3+/t15-,22-/m0/s1. The summed E-state index contributed by atoms with van der Waals surface area (Å²) >= 11 is 0. The maximum atomic E-state index is 13.9. The fourth-order valence-corrected chi connectivity index (χ4v) is 3.01. The van der Waals surface area contributed by atoms with Gasteiger partial charge in [-0.25, -0.2) is 19.1 Å². The van der Waals surface area contributed by atoms with Crippen molar-refractivity contribution < 1.29 is 38.2 Å². The second kappa shape index (κ2) is 13.1. The van der Waals surface area contributed by atoms with E-state index in [1.165, 1.54) is 11.6 Å². The number of allylic oxidation sites excluding steroid dienone is 1. The molecule has 0 heterocycles. The summed E-state index contributed by atoms with van der Waals surface area (Å²) in [6.45, 7) is 1.84. The van der Waals surface area contributed by atoms with Crippen LogP contribution in [-0.2, 0) is 9.53 Å². The highest BCUT2D eigenvalue weighted by atomic mass is 19.1. The molecule has 2 amide bonds. The minimum atomic E-state index is -0.936. The molecule has 0 fully saturated rings. The molecule has 0 bridgehead atoms. The largest absolute Gasteiger partial charge is 0.491 e. The van der Waals surface area contributed by atoms with Crippen LogP contribution in [0, 0.1) is 17.6 Å². The molecular weight excluding hydrogens is 438 g/mol. The molecule has 33 heavy (non-hydrogen) atoms. The second-order valence-electron chi connectivity index (χ2n) is 7.15. The summed E-state index contributed by atoms with van der Waals surface area (Å²) in [6.07, 6.45) is 2.06. The number of rotatable bonds is 11. The van der Waals surface area contributed by atoms with Gasteiger partial charge in [-0.1, -0.05) is 25.1 Å². The number of anilines is 1. The molecule has 0 aliphatic rings. The summed E-state index contributed by atoms with van der Waals surface area (Å²) in [5.74, 6) is -2.07. The zero-order valence-corrected chi connectivity index (χ0v) is 18.0.